The largest absolute Gasteiger partial charge is 0.478 e. The Balaban J connectivity index is 2.27. The summed E-state index contributed by atoms with van der Waals surface area (Å²) in [7, 11) is -7.21. The Morgan fingerprint density at radius 3 is 2.52 bits per heavy atom. The van der Waals surface area contributed by atoms with Crippen molar-refractivity contribution in [3.05, 3.63) is 28.2 Å². The topological polar surface area (TPSA) is 118 Å². The minimum absolute atomic E-state index is 0.0391. The van der Waals surface area contributed by atoms with E-state index in [1.54, 1.807) is 0 Å². The molecule has 0 aromatic heterocycles. The van der Waals surface area contributed by atoms with Crippen molar-refractivity contribution in [2.75, 3.05) is 16.2 Å². The van der Waals surface area contributed by atoms with Crippen molar-refractivity contribution in [3.63, 3.8) is 0 Å². The zero-order chi connectivity index (χ0) is 15.8. The second kappa shape index (κ2) is 5.58. The molecule has 0 bridgehead atoms. The van der Waals surface area contributed by atoms with Gasteiger partial charge in [-0.05, 0) is 24.6 Å². The van der Waals surface area contributed by atoms with Crippen molar-refractivity contribution in [1.82, 2.24) is 0 Å². The van der Waals surface area contributed by atoms with Crippen LogP contribution in [-0.2, 0) is 19.9 Å². The number of hydrogen-bond acceptors (Lipinski definition) is 5. The number of carboxylic acids is 1. The van der Waals surface area contributed by atoms with E-state index in [1.807, 2.05) is 0 Å². The Labute approximate surface area is 130 Å². The number of nitrogens with one attached hydrogen (secondary N) is 1. The van der Waals surface area contributed by atoms with E-state index < -0.39 is 36.8 Å². The van der Waals surface area contributed by atoms with Crippen LogP contribution in [0.3, 0.4) is 0 Å². The number of halogens is 1. The van der Waals surface area contributed by atoms with Gasteiger partial charge in [-0.1, -0.05) is 15.9 Å². The number of rotatable bonds is 4. The monoisotopic (exact) mass is 397 g/mol. The minimum atomic E-state index is -3.89. The number of benzene rings is 1. The normalized spacial score (nSPS) is 21.1. The lowest BCUT2D eigenvalue weighted by molar-refractivity contribution is 0.0697. The van der Waals surface area contributed by atoms with Crippen molar-refractivity contribution < 1.29 is 26.7 Å². The third-order valence-corrected chi connectivity index (χ3v) is 7.27. The lowest BCUT2D eigenvalue weighted by atomic mass is 10.2. The molecule has 116 valence electrons. The highest BCUT2D eigenvalue weighted by Crippen LogP contribution is 2.24. The van der Waals surface area contributed by atoms with Gasteiger partial charge in [0, 0.05) is 4.47 Å². The van der Waals surface area contributed by atoms with Gasteiger partial charge < -0.3 is 5.11 Å². The molecule has 1 aliphatic rings. The summed E-state index contributed by atoms with van der Waals surface area (Å²) >= 11 is 3.10. The van der Waals surface area contributed by atoms with Crippen LogP contribution in [0, 0.1) is 0 Å². The Morgan fingerprint density at radius 1 is 1.33 bits per heavy atom. The Kier molecular flexibility index (Phi) is 4.31. The molecule has 1 fully saturated rings. The first-order valence-corrected chi connectivity index (χ1v) is 10.0. The molecule has 0 radical (unpaired) electrons. The van der Waals surface area contributed by atoms with Crippen molar-refractivity contribution in [1.29, 1.82) is 0 Å². The summed E-state index contributed by atoms with van der Waals surface area (Å²) in [5, 5.41) is 7.92. The molecule has 0 aliphatic carbocycles. The predicted octanol–water partition coefficient (Wildman–Crippen LogP) is 1.08. The molecular weight excluding hydrogens is 386 g/mol. The summed E-state index contributed by atoms with van der Waals surface area (Å²) in [6, 6.07) is 3.92. The molecule has 0 amide bonds. The summed E-state index contributed by atoms with van der Waals surface area (Å²) in [5.41, 5.74) is -0.00723. The SMILES string of the molecule is O=C(O)c1cc(Br)cc(NS(=O)(=O)C2CCS(=O)(=O)C2)c1. The molecule has 1 atom stereocenters. The standard InChI is InChI=1S/C11H12BrNO6S2/c12-8-3-7(11(14)15)4-9(5-8)13-21(18,19)10-1-2-20(16,17)6-10/h3-5,10,13H,1-2,6H2,(H,14,15). The second-order valence-corrected chi connectivity index (χ2v) is 9.81. The molecule has 21 heavy (non-hydrogen) atoms. The quantitative estimate of drug-likeness (QED) is 0.784. The lowest BCUT2D eigenvalue weighted by Crippen LogP contribution is -2.28. The van der Waals surface area contributed by atoms with Gasteiger partial charge in [0.15, 0.2) is 9.84 Å². The summed E-state index contributed by atoms with van der Waals surface area (Å²) in [4.78, 5) is 10.9. The molecule has 1 aromatic rings. The van der Waals surface area contributed by atoms with E-state index in [0.29, 0.717) is 4.47 Å². The van der Waals surface area contributed by atoms with E-state index in [2.05, 4.69) is 20.7 Å². The molecule has 2 rings (SSSR count). The van der Waals surface area contributed by atoms with Gasteiger partial charge in [-0.2, -0.15) is 0 Å². The molecule has 10 heteroatoms. The fraction of sp³-hybridized carbons (Fsp3) is 0.364. The molecule has 7 nitrogen and oxygen atoms in total. The first kappa shape index (κ1) is 16.2. The van der Waals surface area contributed by atoms with Gasteiger partial charge in [-0.25, -0.2) is 21.6 Å². The van der Waals surface area contributed by atoms with E-state index in [-0.39, 0.29) is 23.4 Å². The number of carboxylic acid groups (broad SMARTS) is 1. The summed E-state index contributed by atoms with van der Waals surface area (Å²) in [6.45, 7) is 0. The molecule has 1 heterocycles. The van der Waals surface area contributed by atoms with Crippen molar-refractivity contribution in [2.45, 2.75) is 11.7 Å². The van der Waals surface area contributed by atoms with Crippen LogP contribution in [0.5, 0.6) is 0 Å². The van der Waals surface area contributed by atoms with Crippen LogP contribution in [-0.4, -0.2) is 44.7 Å². The molecule has 1 unspecified atom stereocenters. The molecule has 1 aromatic carbocycles. The Morgan fingerprint density at radius 2 is 2.00 bits per heavy atom. The van der Waals surface area contributed by atoms with Crippen LogP contribution in [0.25, 0.3) is 0 Å². The van der Waals surface area contributed by atoms with Crippen LogP contribution in [0.1, 0.15) is 16.8 Å². The molecular formula is C11H12BrNO6S2. The maximum atomic E-state index is 12.1. The molecule has 2 N–H and O–H groups in total. The van der Waals surface area contributed by atoms with Crippen molar-refractivity contribution >= 4 is 47.4 Å². The average Bonchev–Trinajstić information content (AvgIpc) is 2.69. The van der Waals surface area contributed by atoms with Gasteiger partial charge in [-0.3, -0.25) is 4.72 Å². The van der Waals surface area contributed by atoms with Crippen LogP contribution in [0.15, 0.2) is 22.7 Å². The predicted molar refractivity (Wildman–Crippen MR) is 80.7 cm³/mol. The van der Waals surface area contributed by atoms with Crippen LogP contribution in [0.4, 0.5) is 5.69 Å². The van der Waals surface area contributed by atoms with Crippen molar-refractivity contribution in [2.24, 2.45) is 0 Å². The van der Waals surface area contributed by atoms with Gasteiger partial charge in [0.05, 0.1) is 28.0 Å². The average molecular weight is 398 g/mol. The number of carbonyl (C=O) groups is 1. The highest BCUT2D eigenvalue weighted by molar-refractivity contribution is 9.10. The molecule has 0 saturated carbocycles. The summed E-state index contributed by atoms with van der Waals surface area (Å²) in [5.74, 6) is -1.76. The maximum Gasteiger partial charge on any atom is 0.335 e. The highest BCUT2D eigenvalue weighted by atomic mass is 79.9. The van der Waals surface area contributed by atoms with Crippen LogP contribution >= 0.6 is 15.9 Å². The highest BCUT2D eigenvalue weighted by Gasteiger charge is 2.37. The Bertz CT molecular complexity index is 787. The van der Waals surface area contributed by atoms with E-state index in [9.17, 15) is 21.6 Å². The third kappa shape index (κ3) is 3.95. The Hall–Kier alpha value is -1.13. The number of anilines is 1. The van der Waals surface area contributed by atoms with Gasteiger partial charge in [0.2, 0.25) is 10.0 Å². The number of sulfonamides is 1. The number of hydrogen-bond donors (Lipinski definition) is 2. The summed E-state index contributed by atoms with van der Waals surface area (Å²) < 4.78 is 49.7. The van der Waals surface area contributed by atoms with E-state index in [0.717, 1.165) is 0 Å². The second-order valence-electron chi connectivity index (χ2n) is 4.71. The lowest BCUT2D eigenvalue weighted by Gasteiger charge is -2.13. The number of aromatic carboxylic acids is 1. The first-order chi connectivity index (χ1) is 9.59. The smallest absolute Gasteiger partial charge is 0.335 e. The molecule has 1 saturated heterocycles. The molecule has 0 spiro atoms. The van der Waals surface area contributed by atoms with E-state index in [4.69, 9.17) is 5.11 Å². The summed E-state index contributed by atoms with van der Waals surface area (Å²) in [6.07, 6.45) is 0.0391. The first-order valence-electron chi connectivity index (χ1n) is 5.85. The fourth-order valence-electron chi connectivity index (χ4n) is 2.03. The zero-order valence-corrected chi connectivity index (χ0v) is 13.8. The van der Waals surface area contributed by atoms with Crippen molar-refractivity contribution in [3.8, 4) is 0 Å². The van der Waals surface area contributed by atoms with Gasteiger partial charge in [0.25, 0.3) is 0 Å². The van der Waals surface area contributed by atoms with Crippen LogP contribution < -0.4 is 4.72 Å². The van der Waals surface area contributed by atoms with E-state index in [1.165, 1.54) is 18.2 Å². The van der Waals surface area contributed by atoms with Gasteiger partial charge in [-0.15, -0.1) is 0 Å². The molecule has 1 aliphatic heterocycles. The van der Waals surface area contributed by atoms with Gasteiger partial charge >= 0.3 is 5.97 Å². The number of sulfone groups is 1. The zero-order valence-electron chi connectivity index (χ0n) is 10.6. The third-order valence-electron chi connectivity index (χ3n) is 3.03. The minimum Gasteiger partial charge on any atom is -0.478 e. The van der Waals surface area contributed by atoms with Gasteiger partial charge in [0.1, 0.15) is 0 Å². The van der Waals surface area contributed by atoms with Crippen LogP contribution in [0.2, 0.25) is 0 Å². The maximum absolute atomic E-state index is 12.1. The van der Waals surface area contributed by atoms with E-state index >= 15 is 0 Å². The fourth-order valence-corrected chi connectivity index (χ4v) is 6.59.